The van der Waals surface area contributed by atoms with Crippen molar-refractivity contribution in [3.8, 4) is 12.3 Å². The van der Waals surface area contributed by atoms with Gasteiger partial charge >= 0.3 is 0 Å². The Morgan fingerprint density at radius 2 is 1.86 bits per heavy atom. The molecule has 0 aromatic heterocycles. The highest BCUT2D eigenvalue weighted by Crippen LogP contribution is 2.15. The van der Waals surface area contributed by atoms with Gasteiger partial charge in [-0.05, 0) is 43.7 Å². The van der Waals surface area contributed by atoms with Gasteiger partial charge < -0.3 is 5.32 Å². The minimum Gasteiger partial charge on any atom is -0.322 e. The zero-order chi connectivity index (χ0) is 15.4. The summed E-state index contributed by atoms with van der Waals surface area (Å²) in [5, 5.41) is 2.76. The van der Waals surface area contributed by atoms with E-state index in [1.165, 1.54) is 6.92 Å². The van der Waals surface area contributed by atoms with Crippen LogP contribution in [0.3, 0.4) is 0 Å². The molecule has 0 heterocycles. The minimum absolute atomic E-state index is 0.0453. The first-order valence-electron chi connectivity index (χ1n) is 6.51. The summed E-state index contributed by atoms with van der Waals surface area (Å²) < 4.78 is 0. The van der Waals surface area contributed by atoms with Crippen LogP contribution < -0.4 is 5.32 Å². The Bertz CT molecular complexity index is 754. The van der Waals surface area contributed by atoms with Crippen molar-refractivity contribution in [2.45, 2.75) is 13.8 Å². The molecule has 0 aliphatic carbocycles. The molecule has 0 aliphatic rings. The maximum absolute atomic E-state index is 12.2. The summed E-state index contributed by atoms with van der Waals surface area (Å²) in [7, 11) is 0. The number of anilines is 1. The van der Waals surface area contributed by atoms with Crippen LogP contribution in [0.1, 0.15) is 38.8 Å². The summed E-state index contributed by atoms with van der Waals surface area (Å²) in [6.45, 7) is 3.38. The van der Waals surface area contributed by atoms with Crippen molar-refractivity contribution in [1.82, 2.24) is 0 Å². The van der Waals surface area contributed by atoms with Crippen LogP contribution in [0.2, 0.25) is 0 Å². The number of rotatable bonds is 3. The highest BCUT2D eigenvalue weighted by Gasteiger charge is 2.09. The molecule has 1 N–H and O–H groups in total. The van der Waals surface area contributed by atoms with Crippen LogP contribution in [-0.2, 0) is 0 Å². The van der Waals surface area contributed by atoms with E-state index in [1.54, 1.807) is 36.4 Å². The lowest BCUT2D eigenvalue weighted by atomic mass is 10.0. The maximum Gasteiger partial charge on any atom is 0.255 e. The monoisotopic (exact) mass is 277 g/mol. The molecule has 0 saturated carbocycles. The van der Waals surface area contributed by atoms with Gasteiger partial charge in [-0.1, -0.05) is 24.1 Å². The van der Waals surface area contributed by atoms with Gasteiger partial charge in [-0.3, -0.25) is 9.59 Å². The largest absolute Gasteiger partial charge is 0.322 e. The molecular formula is C18H15NO2. The highest BCUT2D eigenvalue weighted by molar-refractivity contribution is 6.05. The Hall–Kier alpha value is -2.86. The van der Waals surface area contributed by atoms with Gasteiger partial charge in [0.25, 0.3) is 5.91 Å². The van der Waals surface area contributed by atoms with Crippen LogP contribution in [0, 0.1) is 19.3 Å². The van der Waals surface area contributed by atoms with E-state index >= 15 is 0 Å². The fraction of sp³-hybridized carbons (Fsp3) is 0.111. The number of aryl methyl sites for hydroxylation is 1. The number of hydrogen-bond donors (Lipinski definition) is 1. The van der Waals surface area contributed by atoms with Gasteiger partial charge in [0.15, 0.2) is 5.78 Å². The van der Waals surface area contributed by atoms with Crippen LogP contribution in [0.5, 0.6) is 0 Å². The predicted molar refractivity (Wildman–Crippen MR) is 83.5 cm³/mol. The first kappa shape index (κ1) is 14.5. The molecule has 0 bridgehead atoms. The lowest BCUT2D eigenvalue weighted by Gasteiger charge is -2.08. The SMILES string of the molecule is C#Cc1cc(C(=O)Nc2cccc(C(C)=O)c2)ccc1C. The molecule has 104 valence electrons. The van der Waals surface area contributed by atoms with Gasteiger partial charge in [-0.15, -0.1) is 6.42 Å². The molecule has 0 saturated heterocycles. The van der Waals surface area contributed by atoms with Crippen LogP contribution >= 0.6 is 0 Å². The third-order valence-corrected chi connectivity index (χ3v) is 3.18. The second kappa shape index (κ2) is 6.06. The molecule has 2 aromatic carbocycles. The number of carbonyl (C=O) groups excluding carboxylic acids is 2. The Balaban J connectivity index is 2.24. The van der Waals surface area contributed by atoms with Crippen LogP contribution in [0.15, 0.2) is 42.5 Å². The van der Waals surface area contributed by atoms with Gasteiger partial charge in [-0.2, -0.15) is 0 Å². The molecule has 0 spiro atoms. The van der Waals surface area contributed by atoms with Gasteiger partial charge in [-0.25, -0.2) is 0 Å². The number of terminal acetylenes is 1. The average Bonchev–Trinajstić information content (AvgIpc) is 2.47. The summed E-state index contributed by atoms with van der Waals surface area (Å²) in [5.41, 5.74) is 3.27. The molecule has 0 fully saturated rings. The number of Topliss-reactive ketones (excluding diaryl/α,β-unsaturated/α-hetero) is 1. The van der Waals surface area contributed by atoms with Crippen molar-refractivity contribution in [2.24, 2.45) is 0 Å². The molecule has 2 rings (SSSR count). The highest BCUT2D eigenvalue weighted by atomic mass is 16.1. The standard InChI is InChI=1S/C18H15NO2/c1-4-14-10-16(9-8-12(14)2)18(21)19-17-7-5-6-15(11-17)13(3)20/h1,5-11H,2-3H3,(H,19,21). The Labute approximate surface area is 124 Å². The Morgan fingerprint density at radius 1 is 1.10 bits per heavy atom. The number of nitrogens with one attached hydrogen (secondary N) is 1. The fourth-order valence-electron chi connectivity index (χ4n) is 1.94. The topological polar surface area (TPSA) is 46.2 Å². The van der Waals surface area contributed by atoms with Crippen molar-refractivity contribution in [2.75, 3.05) is 5.32 Å². The van der Waals surface area contributed by atoms with E-state index < -0.39 is 0 Å². The second-order valence-electron chi connectivity index (χ2n) is 4.77. The van der Waals surface area contributed by atoms with Gasteiger partial charge in [0.05, 0.1) is 0 Å². The number of hydrogen-bond acceptors (Lipinski definition) is 2. The zero-order valence-corrected chi connectivity index (χ0v) is 11.9. The third kappa shape index (κ3) is 3.37. The lowest BCUT2D eigenvalue weighted by molar-refractivity contribution is 0.101. The number of carbonyl (C=O) groups is 2. The first-order valence-corrected chi connectivity index (χ1v) is 6.51. The number of ketones is 1. The molecule has 0 radical (unpaired) electrons. The quantitative estimate of drug-likeness (QED) is 0.690. The van der Waals surface area contributed by atoms with Crippen LogP contribution in [0.25, 0.3) is 0 Å². The summed E-state index contributed by atoms with van der Waals surface area (Å²) in [6, 6.07) is 12.0. The van der Waals surface area contributed by atoms with E-state index in [0.717, 1.165) is 5.56 Å². The predicted octanol–water partition coefficient (Wildman–Crippen LogP) is 3.43. The van der Waals surface area contributed by atoms with Crippen molar-refractivity contribution in [3.63, 3.8) is 0 Å². The van der Waals surface area contributed by atoms with E-state index in [-0.39, 0.29) is 11.7 Å². The van der Waals surface area contributed by atoms with Gasteiger partial charge in [0, 0.05) is 22.4 Å². The van der Waals surface area contributed by atoms with Crippen molar-refractivity contribution in [3.05, 3.63) is 64.7 Å². The van der Waals surface area contributed by atoms with E-state index in [4.69, 9.17) is 6.42 Å². The molecule has 3 nitrogen and oxygen atoms in total. The molecule has 0 unspecified atom stereocenters. The molecule has 0 atom stereocenters. The smallest absolute Gasteiger partial charge is 0.255 e. The first-order chi connectivity index (χ1) is 10.0. The average molecular weight is 277 g/mol. The summed E-state index contributed by atoms with van der Waals surface area (Å²) in [4.78, 5) is 23.5. The summed E-state index contributed by atoms with van der Waals surface area (Å²) >= 11 is 0. The van der Waals surface area contributed by atoms with Crippen molar-refractivity contribution >= 4 is 17.4 Å². The van der Waals surface area contributed by atoms with E-state index in [2.05, 4.69) is 11.2 Å². The second-order valence-corrected chi connectivity index (χ2v) is 4.77. The molecule has 1 amide bonds. The molecule has 21 heavy (non-hydrogen) atoms. The zero-order valence-electron chi connectivity index (χ0n) is 11.9. The Kier molecular flexibility index (Phi) is 4.20. The maximum atomic E-state index is 12.2. The molecule has 3 heteroatoms. The van der Waals surface area contributed by atoms with Gasteiger partial charge in [0.2, 0.25) is 0 Å². The molecule has 0 aliphatic heterocycles. The van der Waals surface area contributed by atoms with Crippen LogP contribution in [0.4, 0.5) is 5.69 Å². The summed E-state index contributed by atoms with van der Waals surface area (Å²) in [5.74, 6) is 2.25. The molecule has 2 aromatic rings. The van der Waals surface area contributed by atoms with E-state index in [9.17, 15) is 9.59 Å². The van der Waals surface area contributed by atoms with Crippen molar-refractivity contribution < 1.29 is 9.59 Å². The summed E-state index contributed by atoms with van der Waals surface area (Å²) in [6.07, 6.45) is 5.41. The van der Waals surface area contributed by atoms with Crippen molar-refractivity contribution in [1.29, 1.82) is 0 Å². The number of amides is 1. The molecular weight excluding hydrogens is 262 g/mol. The normalized spacial score (nSPS) is 9.76. The lowest BCUT2D eigenvalue weighted by Crippen LogP contribution is -2.12. The van der Waals surface area contributed by atoms with Crippen LogP contribution in [-0.4, -0.2) is 11.7 Å². The Morgan fingerprint density at radius 3 is 2.52 bits per heavy atom. The number of benzene rings is 2. The van der Waals surface area contributed by atoms with E-state index in [0.29, 0.717) is 22.4 Å². The minimum atomic E-state index is -0.257. The van der Waals surface area contributed by atoms with Gasteiger partial charge in [0.1, 0.15) is 0 Å². The van der Waals surface area contributed by atoms with E-state index in [1.807, 2.05) is 13.0 Å². The third-order valence-electron chi connectivity index (χ3n) is 3.18. The fourth-order valence-corrected chi connectivity index (χ4v) is 1.94.